The number of amides is 2. The van der Waals surface area contributed by atoms with Gasteiger partial charge in [0, 0.05) is 48.5 Å². The highest BCUT2D eigenvalue weighted by molar-refractivity contribution is 7.90. The number of benzene rings is 8. The van der Waals surface area contributed by atoms with Crippen molar-refractivity contribution in [3.8, 4) is 46.0 Å². The van der Waals surface area contributed by atoms with E-state index in [4.69, 9.17) is 79.8 Å². The first-order valence-electron chi connectivity index (χ1n) is 39.5. The van der Waals surface area contributed by atoms with E-state index in [0.717, 1.165) is 48.5 Å². The molecule has 0 atom stereocenters. The minimum absolute atomic E-state index is 0.000196. The van der Waals surface area contributed by atoms with Gasteiger partial charge in [0.15, 0.2) is 81.5 Å². The van der Waals surface area contributed by atoms with Crippen LogP contribution in [-0.4, -0.2) is 188 Å². The Bertz CT molecular complexity index is 5560. The maximum Gasteiger partial charge on any atom is 0.333 e. The molecule has 0 saturated heterocycles. The van der Waals surface area contributed by atoms with E-state index >= 15 is 0 Å². The topological polar surface area (TPSA) is 493 Å². The summed E-state index contributed by atoms with van der Waals surface area (Å²) >= 11 is 0. The third-order valence-corrected chi connectivity index (χ3v) is 22.9. The minimum atomic E-state index is -3.98. The van der Waals surface area contributed by atoms with E-state index in [1.54, 1.807) is 13.8 Å². The molecule has 0 spiro atoms. The van der Waals surface area contributed by atoms with E-state index < -0.39 is 145 Å². The van der Waals surface area contributed by atoms with Gasteiger partial charge < -0.3 is 79.8 Å². The summed E-state index contributed by atoms with van der Waals surface area (Å²) in [6, 6.07) is 26.9. The van der Waals surface area contributed by atoms with E-state index in [9.17, 15) is 88.0 Å². The Labute approximate surface area is 755 Å². The number of nitrogens with one attached hydrogen (secondary N) is 4. The number of nitrogens with two attached hydrogens (primary N) is 4. The highest BCUT2D eigenvalue weighted by Crippen LogP contribution is 2.36. The highest BCUT2D eigenvalue weighted by Gasteiger charge is 2.24. The normalized spacial score (nSPS) is 12.2. The van der Waals surface area contributed by atoms with Crippen LogP contribution in [0.4, 0.5) is 35.1 Å². The lowest BCUT2D eigenvalue weighted by molar-refractivity contribution is -0.139. The molecule has 0 aromatic heterocycles. The summed E-state index contributed by atoms with van der Waals surface area (Å²) in [5.41, 5.74) is 21.2. The molecule has 0 unspecified atom stereocenters. The molecule has 0 heterocycles. The van der Waals surface area contributed by atoms with Crippen molar-refractivity contribution in [3.05, 3.63) is 237 Å². The highest BCUT2D eigenvalue weighted by atomic mass is 32.2. The third kappa shape index (κ3) is 35.0. The van der Waals surface area contributed by atoms with Crippen LogP contribution in [-0.2, 0) is 97.2 Å². The van der Waals surface area contributed by atoms with Crippen LogP contribution in [0.3, 0.4) is 0 Å². The van der Waals surface area contributed by atoms with Gasteiger partial charge >= 0.3 is 11.9 Å². The minimum Gasteiger partial charge on any atom is -0.463 e. The maximum absolute atomic E-state index is 14.7. The summed E-state index contributed by atoms with van der Waals surface area (Å²) < 4.78 is 292. The number of guanidine groups is 2. The van der Waals surface area contributed by atoms with Crippen LogP contribution in [0.2, 0.25) is 0 Å². The van der Waals surface area contributed by atoms with Crippen molar-refractivity contribution >= 4 is 100 Å². The van der Waals surface area contributed by atoms with Crippen molar-refractivity contribution in [3.63, 3.8) is 0 Å². The predicted molar refractivity (Wildman–Crippen MR) is 467 cm³/mol. The summed E-state index contributed by atoms with van der Waals surface area (Å²) in [4.78, 5) is 53.5. The Hall–Kier alpha value is -12.4. The number of carbonyl (C=O) groups is 4. The fourth-order valence-corrected chi connectivity index (χ4v) is 14.9. The van der Waals surface area contributed by atoms with Crippen LogP contribution in [0.15, 0.2) is 197 Å². The monoisotopic (exact) mass is 1930 g/mol. The Morgan fingerprint density at radius 1 is 0.303 bits per heavy atom. The fourth-order valence-electron chi connectivity index (χ4n) is 10.8. The molecule has 8 aromatic rings. The van der Waals surface area contributed by atoms with Crippen molar-refractivity contribution in [2.24, 2.45) is 32.9 Å². The number of aliphatic imine (C=N–C) groups is 2. The Morgan fingerprint density at radius 2 is 0.485 bits per heavy atom. The number of hydrogen-bond donors (Lipinski definition) is 8. The number of nitrogens with zero attached hydrogens (tertiary/aromatic N) is 2. The summed E-state index contributed by atoms with van der Waals surface area (Å²) in [6.07, 6.45) is 4.89. The van der Waals surface area contributed by atoms with Gasteiger partial charge in [-0.25, -0.2) is 97.3 Å². The Morgan fingerprint density at radius 3 is 0.667 bits per heavy atom. The lowest BCUT2D eigenvalue weighted by Gasteiger charge is -2.11. The van der Waals surface area contributed by atoms with E-state index in [-0.39, 0.29) is 206 Å². The number of ether oxygens (including phenoxy) is 12. The van der Waals surface area contributed by atoms with Gasteiger partial charge in [-0.2, -0.15) is 9.98 Å². The second-order valence-corrected chi connectivity index (χ2v) is 34.3. The second-order valence-electron chi connectivity index (χ2n) is 27.2. The number of rotatable bonds is 50. The lowest BCUT2D eigenvalue weighted by Crippen LogP contribution is -2.28. The third-order valence-electron chi connectivity index (χ3n) is 17.0. The summed E-state index contributed by atoms with van der Waals surface area (Å²) in [6.45, 7) is 10.0. The molecule has 34 nitrogen and oxygen atoms in total. The number of carbonyl (C=O) groups excluding carboxylic acids is 4. The molecule has 712 valence electrons. The van der Waals surface area contributed by atoms with Gasteiger partial charge in [-0.15, -0.1) is 0 Å². The van der Waals surface area contributed by atoms with Crippen molar-refractivity contribution in [2.45, 2.75) is 61.1 Å². The average molecular weight is 1930 g/mol. The summed E-state index contributed by atoms with van der Waals surface area (Å²) in [7, 11) is -15.9. The van der Waals surface area contributed by atoms with Gasteiger partial charge in [-0.1, -0.05) is 0 Å². The standard InChI is InChI=1S/C44H48F4N2O13S2.C42H46F4N8O11S2/c1-5-60-43(51)29(3)23-31-25-37(45)41(38(46)26-31)62-33-7-11-35(12-8-33)64(53,54)49-15-17-57-19-21-59-22-20-58-18-16-50-65(55,56)36-13-9-34(10-14-36)63-42-39(47)27-32(28-40(42)48)24-30(4)44(52)61-6-2;1-25(39(55)53-41(47)48)19-27-21-33(43)37(34(44)22-27)64-29-3-7-31(8-4-29)66(57,58)51-11-13-61-15-17-63-18-16-62-14-12-52-67(59,60)32-9-5-30(6-10-32)65-38-35(45)23-28(24-36(38)46)20-26(2)40(56)54-42(49)50/h7-14,23-28,49-50H,5-6,15-22H2,1-4H3;3-10,19-24,51-52H,11-18H2,1-2H3,(H4,47,48,53,55)(H4,49,50,54,56)/b29-23+,30-24+;25-19+,26-20+. The molecule has 0 bridgehead atoms. The van der Waals surface area contributed by atoms with Gasteiger partial charge in [0.25, 0.3) is 11.8 Å². The van der Waals surface area contributed by atoms with Gasteiger partial charge in [-0.3, -0.25) is 9.59 Å². The van der Waals surface area contributed by atoms with Gasteiger partial charge in [-0.05, 0) is 234 Å². The number of sulfonamides is 4. The lowest BCUT2D eigenvalue weighted by atomic mass is 10.1. The molecule has 8 aromatic carbocycles. The number of halogens is 8. The van der Waals surface area contributed by atoms with Crippen LogP contribution < -0.4 is 60.8 Å². The van der Waals surface area contributed by atoms with Crippen LogP contribution in [0.5, 0.6) is 46.0 Å². The molecule has 132 heavy (non-hydrogen) atoms. The molecule has 0 aliphatic heterocycles. The van der Waals surface area contributed by atoms with Crippen LogP contribution in [0, 0.1) is 46.5 Å². The average Bonchev–Trinajstić information content (AvgIpc) is 0.828. The molecule has 12 N–H and O–H groups in total. The van der Waals surface area contributed by atoms with Crippen LogP contribution in [0.25, 0.3) is 24.3 Å². The van der Waals surface area contributed by atoms with Crippen LogP contribution >= 0.6 is 0 Å². The van der Waals surface area contributed by atoms with Gasteiger partial charge in [0.05, 0.1) is 112 Å². The molecular formula is C86H94F8N10O24S4. The summed E-state index contributed by atoms with van der Waals surface area (Å²) in [5, 5.41) is 0. The molecule has 0 aliphatic rings. The second kappa shape index (κ2) is 52.0. The summed E-state index contributed by atoms with van der Waals surface area (Å²) in [5.74, 6) is -15.4. The molecular weight excluding hydrogens is 1840 g/mol. The molecule has 2 amide bonds. The molecule has 8 rings (SSSR count). The predicted octanol–water partition coefficient (Wildman–Crippen LogP) is 10.6. The van der Waals surface area contributed by atoms with Crippen molar-refractivity contribution in [2.75, 3.05) is 119 Å². The zero-order valence-corrected chi connectivity index (χ0v) is 74.8. The van der Waals surface area contributed by atoms with E-state index in [1.807, 2.05) is 0 Å². The number of esters is 2. The first kappa shape index (κ1) is 107. The van der Waals surface area contributed by atoms with Crippen LogP contribution in [0.1, 0.15) is 63.8 Å². The Balaban J connectivity index is 0.000000361. The maximum atomic E-state index is 14.7. The fraction of sp³-hybridized carbons (Fsp3) is 0.279. The number of hydrogen-bond acceptors (Lipinski definition) is 24. The first-order valence-corrected chi connectivity index (χ1v) is 45.4. The largest absolute Gasteiger partial charge is 0.463 e. The molecule has 0 fully saturated rings. The quantitative estimate of drug-likeness (QED) is 0.00438. The molecule has 0 aliphatic carbocycles. The van der Waals surface area contributed by atoms with Crippen molar-refractivity contribution in [1.82, 2.24) is 18.9 Å². The zero-order valence-electron chi connectivity index (χ0n) is 71.6. The van der Waals surface area contributed by atoms with Crippen molar-refractivity contribution in [1.29, 1.82) is 0 Å². The zero-order chi connectivity index (χ0) is 96.9. The van der Waals surface area contributed by atoms with Crippen molar-refractivity contribution < 1.29 is 145 Å². The first-order chi connectivity index (χ1) is 62.6. The van der Waals surface area contributed by atoms with E-state index in [1.165, 1.54) is 149 Å². The van der Waals surface area contributed by atoms with Gasteiger partial charge in [0.1, 0.15) is 23.0 Å². The molecule has 46 heteroatoms. The van der Waals surface area contributed by atoms with Gasteiger partial charge in [0.2, 0.25) is 40.1 Å². The molecule has 0 saturated carbocycles. The Kier molecular flexibility index (Phi) is 42.0. The SMILES string of the molecule is C/C(=C\c1cc(F)c(Oc2ccc(S(=O)(=O)NCCOCCOCCOCCNS(=O)(=O)c3ccc(Oc4c(F)cc(/C=C(\C)C(=O)N=C(N)N)cc4F)cc3)cc2)c(F)c1)C(=O)N=C(N)N.CCOC(=O)/C(C)=C/c1cc(F)c(Oc2ccc(S(=O)(=O)NCCOCCOCCOCCNS(=O)(=O)c3ccc(Oc4c(F)cc(/C=C(\C)C(=O)OCC)cc4F)cc3)cc2)c(F)c1. The van der Waals surface area contributed by atoms with E-state index in [0.29, 0.717) is 0 Å². The van der Waals surface area contributed by atoms with E-state index in [2.05, 4.69) is 28.9 Å². The molecule has 0 radical (unpaired) electrons. The smallest absolute Gasteiger partial charge is 0.333 e.